The molecule has 2 unspecified atom stereocenters. The Hall–Kier alpha value is -0.900. The molecule has 1 aromatic carbocycles. The molecule has 1 aliphatic heterocycles. The monoisotopic (exact) mass is 290 g/mol. The number of ether oxygens (including phenoxy) is 1. The molecule has 0 spiro atoms. The van der Waals surface area contributed by atoms with E-state index < -0.39 is 0 Å². The molecule has 0 bridgehead atoms. The van der Waals surface area contributed by atoms with Crippen LogP contribution in [0.4, 0.5) is 0 Å². The lowest BCUT2D eigenvalue weighted by molar-refractivity contribution is -0.0353. The predicted octanol–water partition coefficient (Wildman–Crippen LogP) is 3.23. The Bertz CT molecular complexity index is 446. The quantitative estimate of drug-likeness (QED) is 0.901. The molecule has 0 saturated carbocycles. The zero-order valence-corrected chi connectivity index (χ0v) is 14.1. The SMILES string of the molecule is CCC1(C)CN(C(C)(C)COC)C(c2ccccc2)CN1. The largest absolute Gasteiger partial charge is 0.383 e. The summed E-state index contributed by atoms with van der Waals surface area (Å²) in [4.78, 5) is 2.62. The molecule has 3 heteroatoms. The van der Waals surface area contributed by atoms with Crippen molar-refractivity contribution in [3.8, 4) is 0 Å². The van der Waals surface area contributed by atoms with E-state index in [4.69, 9.17) is 4.74 Å². The van der Waals surface area contributed by atoms with Gasteiger partial charge in [-0.2, -0.15) is 0 Å². The van der Waals surface area contributed by atoms with E-state index in [9.17, 15) is 0 Å². The van der Waals surface area contributed by atoms with Gasteiger partial charge in [0.15, 0.2) is 0 Å². The Morgan fingerprint density at radius 2 is 2.00 bits per heavy atom. The average Bonchev–Trinajstić information content (AvgIpc) is 2.48. The van der Waals surface area contributed by atoms with Crippen molar-refractivity contribution in [1.29, 1.82) is 0 Å². The van der Waals surface area contributed by atoms with Gasteiger partial charge in [0.2, 0.25) is 0 Å². The molecule has 0 aliphatic carbocycles. The van der Waals surface area contributed by atoms with Gasteiger partial charge in [0.05, 0.1) is 6.61 Å². The predicted molar refractivity (Wildman–Crippen MR) is 88.5 cm³/mol. The third kappa shape index (κ3) is 3.65. The minimum Gasteiger partial charge on any atom is -0.383 e. The lowest BCUT2D eigenvalue weighted by atomic mass is 9.87. The van der Waals surface area contributed by atoms with Gasteiger partial charge < -0.3 is 10.1 Å². The Labute approximate surface area is 129 Å². The van der Waals surface area contributed by atoms with Crippen LogP contribution in [-0.2, 0) is 4.74 Å². The van der Waals surface area contributed by atoms with E-state index in [0.29, 0.717) is 6.04 Å². The summed E-state index contributed by atoms with van der Waals surface area (Å²) in [7, 11) is 1.79. The van der Waals surface area contributed by atoms with Crippen molar-refractivity contribution in [1.82, 2.24) is 10.2 Å². The van der Waals surface area contributed by atoms with Crippen LogP contribution in [-0.4, -0.2) is 42.8 Å². The van der Waals surface area contributed by atoms with Crippen molar-refractivity contribution in [3.63, 3.8) is 0 Å². The van der Waals surface area contributed by atoms with Crippen molar-refractivity contribution in [3.05, 3.63) is 35.9 Å². The average molecular weight is 290 g/mol. The number of methoxy groups -OCH3 is 1. The summed E-state index contributed by atoms with van der Waals surface area (Å²) in [6.45, 7) is 11.9. The maximum atomic E-state index is 5.48. The summed E-state index contributed by atoms with van der Waals surface area (Å²) >= 11 is 0. The van der Waals surface area contributed by atoms with Crippen LogP contribution in [0, 0.1) is 0 Å². The number of piperazine rings is 1. The highest BCUT2D eigenvalue weighted by Crippen LogP contribution is 2.34. The van der Waals surface area contributed by atoms with Crippen LogP contribution in [0.5, 0.6) is 0 Å². The van der Waals surface area contributed by atoms with Crippen molar-refractivity contribution in [2.45, 2.75) is 51.2 Å². The fourth-order valence-electron chi connectivity index (χ4n) is 3.28. The van der Waals surface area contributed by atoms with E-state index in [0.717, 1.165) is 26.1 Å². The first kappa shape index (κ1) is 16.5. The van der Waals surface area contributed by atoms with Crippen molar-refractivity contribution in [2.24, 2.45) is 0 Å². The summed E-state index contributed by atoms with van der Waals surface area (Å²) in [6.07, 6.45) is 1.13. The molecule has 1 saturated heterocycles. The molecule has 1 aliphatic rings. The molecule has 1 fully saturated rings. The molecule has 1 N–H and O–H groups in total. The van der Waals surface area contributed by atoms with Gasteiger partial charge in [-0.3, -0.25) is 4.90 Å². The highest BCUT2D eigenvalue weighted by molar-refractivity contribution is 5.22. The number of hydrogen-bond donors (Lipinski definition) is 1. The molecule has 0 aromatic heterocycles. The normalized spacial score (nSPS) is 27.8. The molecular formula is C18H30N2O. The van der Waals surface area contributed by atoms with E-state index in [1.54, 1.807) is 7.11 Å². The second kappa shape index (κ2) is 6.47. The van der Waals surface area contributed by atoms with Crippen molar-refractivity contribution < 1.29 is 4.74 Å². The van der Waals surface area contributed by atoms with Crippen LogP contribution in [0.3, 0.4) is 0 Å². The topological polar surface area (TPSA) is 24.5 Å². The number of hydrogen-bond acceptors (Lipinski definition) is 3. The standard InChI is InChI=1S/C18H30N2O/c1-6-18(4)13-20(17(2,3)14-21-5)16(12-19-18)15-10-8-7-9-11-15/h7-11,16,19H,6,12-14H2,1-5H3. The van der Waals surface area contributed by atoms with E-state index in [1.807, 2.05) is 0 Å². The minimum atomic E-state index is 0.0216. The maximum Gasteiger partial charge on any atom is 0.0641 e. The van der Waals surface area contributed by atoms with Gasteiger partial charge in [0, 0.05) is 37.3 Å². The molecule has 21 heavy (non-hydrogen) atoms. The van der Waals surface area contributed by atoms with Crippen molar-refractivity contribution >= 4 is 0 Å². The van der Waals surface area contributed by atoms with E-state index in [2.05, 4.69) is 68.2 Å². The number of benzene rings is 1. The molecule has 2 rings (SSSR count). The second-order valence-electron chi connectivity index (χ2n) is 7.09. The van der Waals surface area contributed by atoms with E-state index >= 15 is 0 Å². The molecule has 1 aromatic rings. The molecular weight excluding hydrogens is 260 g/mol. The van der Waals surface area contributed by atoms with Crippen molar-refractivity contribution in [2.75, 3.05) is 26.8 Å². The highest BCUT2D eigenvalue weighted by Gasteiger charge is 2.41. The Kier molecular flexibility index (Phi) is 5.07. The first-order chi connectivity index (χ1) is 9.92. The maximum absolute atomic E-state index is 5.48. The fourth-order valence-corrected chi connectivity index (χ4v) is 3.28. The second-order valence-corrected chi connectivity index (χ2v) is 7.09. The zero-order chi connectivity index (χ0) is 15.5. The zero-order valence-electron chi connectivity index (χ0n) is 14.1. The van der Waals surface area contributed by atoms with Gasteiger partial charge in [-0.05, 0) is 32.8 Å². The van der Waals surface area contributed by atoms with Gasteiger partial charge >= 0.3 is 0 Å². The van der Waals surface area contributed by atoms with Crippen LogP contribution in [0.25, 0.3) is 0 Å². The van der Waals surface area contributed by atoms with Gasteiger partial charge in [-0.25, -0.2) is 0 Å². The van der Waals surface area contributed by atoms with Crippen LogP contribution < -0.4 is 5.32 Å². The lowest BCUT2D eigenvalue weighted by Gasteiger charge is -2.52. The summed E-state index contributed by atoms with van der Waals surface area (Å²) in [6, 6.07) is 11.2. The van der Waals surface area contributed by atoms with Gasteiger partial charge in [0.1, 0.15) is 0 Å². The molecule has 118 valence electrons. The molecule has 0 radical (unpaired) electrons. The first-order valence-electron chi connectivity index (χ1n) is 7.97. The Morgan fingerprint density at radius 3 is 2.57 bits per heavy atom. The molecule has 3 nitrogen and oxygen atoms in total. The van der Waals surface area contributed by atoms with Crippen LogP contribution in [0.2, 0.25) is 0 Å². The number of nitrogens with zero attached hydrogens (tertiary/aromatic N) is 1. The third-order valence-corrected chi connectivity index (χ3v) is 4.86. The molecule has 0 amide bonds. The lowest BCUT2D eigenvalue weighted by Crippen LogP contribution is -2.65. The molecule has 1 heterocycles. The smallest absolute Gasteiger partial charge is 0.0641 e. The van der Waals surface area contributed by atoms with E-state index in [1.165, 1.54) is 5.56 Å². The van der Waals surface area contributed by atoms with Crippen LogP contribution >= 0.6 is 0 Å². The van der Waals surface area contributed by atoms with Gasteiger partial charge in [-0.1, -0.05) is 37.3 Å². The summed E-state index contributed by atoms with van der Waals surface area (Å²) in [5.41, 5.74) is 1.58. The van der Waals surface area contributed by atoms with Gasteiger partial charge in [-0.15, -0.1) is 0 Å². The number of rotatable bonds is 5. The summed E-state index contributed by atoms with van der Waals surface area (Å²) < 4.78 is 5.48. The third-order valence-electron chi connectivity index (χ3n) is 4.86. The van der Waals surface area contributed by atoms with E-state index in [-0.39, 0.29) is 11.1 Å². The minimum absolute atomic E-state index is 0.0216. The van der Waals surface area contributed by atoms with Gasteiger partial charge in [0.25, 0.3) is 0 Å². The fraction of sp³-hybridized carbons (Fsp3) is 0.667. The van der Waals surface area contributed by atoms with Crippen LogP contribution in [0.15, 0.2) is 30.3 Å². The summed E-state index contributed by atoms with van der Waals surface area (Å²) in [5.74, 6) is 0. The Balaban J connectivity index is 2.30. The Morgan fingerprint density at radius 1 is 1.33 bits per heavy atom. The molecule has 2 atom stereocenters. The highest BCUT2D eigenvalue weighted by atomic mass is 16.5. The number of nitrogens with one attached hydrogen (secondary N) is 1. The van der Waals surface area contributed by atoms with Crippen LogP contribution in [0.1, 0.15) is 45.7 Å². The summed E-state index contributed by atoms with van der Waals surface area (Å²) in [5, 5.41) is 3.76. The first-order valence-corrected chi connectivity index (χ1v) is 7.97.